The smallest absolute Gasteiger partial charge is 0.129 e. The van der Waals surface area contributed by atoms with Crippen LogP contribution < -0.4 is 0 Å². The Morgan fingerprint density at radius 2 is 2.00 bits per heavy atom. The normalized spacial score (nSPS) is 11.7. The van der Waals surface area contributed by atoms with Gasteiger partial charge in [0.05, 0.1) is 4.47 Å². The molecule has 0 radical (unpaired) electrons. The molecule has 0 fully saturated rings. The maximum Gasteiger partial charge on any atom is 0.129 e. The minimum atomic E-state index is 0.308. The summed E-state index contributed by atoms with van der Waals surface area (Å²) in [5, 5.41) is 9.35. The molecule has 0 saturated heterocycles. The first-order valence-corrected chi connectivity index (χ1v) is 5.71. The van der Waals surface area contributed by atoms with E-state index in [1.165, 1.54) is 5.56 Å². The first-order chi connectivity index (χ1) is 6.44. The quantitative estimate of drug-likeness (QED) is 0.863. The number of phenols is 1. The summed E-state index contributed by atoms with van der Waals surface area (Å²) in [6.07, 6.45) is 2.20. The standard InChI is InChI=1S/C12H17BrO/c1-4-12(2,3)8-9-5-6-11(14)10(13)7-9/h5-7,14H,4,8H2,1-3H3. The third-order valence-corrected chi connectivity index (χ3v) is 3.29. The molecule has 0 amide bonds. The summed E-state index contributed by atoms with van der Waals surface area (Å²) in [5.41, 5.74) is 1.60. The maximum absolute atomic E-state index is 9.35. The highest BCUT2D eigenvalue weighted by Crippen LogP contribution is 2.29. The lowest BCUT2D eigenvalue weighted by Crippen LogP contribution is -2.13. The number of phenolic OH excluding ortho intramolecular Hbond substituents is 1. The van der Waals surface area contributed by atoms with E-state index in [1.807, 2.05) is 12.1 Å². The van der Waals surface area contributed by atoms with Gasteiger partial charge < -0.3 is 5.11 Å². The molecular weight excluding hydrogens is 240 g/mol. The van der Waals surface area contributed by atoms with Crippen LogP contribution in [0.5, 0.6) is 5.75 Å². The van der Waals surface area contributed by atoms with Crippen molar-refractivity contribution in [2.24, 2.45) is 5.41 Å². The Bertz CT molecular complexity index is 318. The Hall–Kier alpha value is -0.500. The fraction of sp³-hybridized carbons (Fsp3) is 0.500. The third kappa shape index (κ3) is 3.02. The summed E-state index contributed by atoms with van der Waals surface area (Å²) in [4.78, 5) is 0. The maximum atomic E-state index is 9.35. The molecule has 78 valence electrons. The molecule has 0 aliphatic heterocycles. The van der Waals surface area contributed by atoms with Gasteiger partial charge in [0.15, 0.2) is 0 Å². The van der Waals surface area contributed by atoms with Crippen molar-refractivity contribution < 1.29 is 5.11 Å². The lowest BCUT2D eigenvalue weighted by atomic mass is 9.83. The van der Waals surface area contributed by atoms with Crippen molar-refractivity contribution in [3.05, 3.63) is 28.2 Å². The molecule has 1 aromatic rings. The number of rotatable bonds is 3. The van der Waals surface area contributed by atoms with Crippen LogP contribution in [0.1, 0.15) is 32.8 Å². The molecule has 0 aliphatic carbocycles. The number of hydrogen-bond donors (Lipinski definition) is 1. The predicted octanol–water partition coefficient (Wildman–Crippen LogP) is 4.13. The summed E-state index contributed by atoms with van der Waals surface area (Å²) in [6, 6.07) is 5.72. The Morgan fingerprint density at radius 3 is 2.50 bits per heavy atom. The second kappa shape index (κ2) is 4.35. The number of halogens is 1. The van der Waals surface area contributed by atoms with Crippen LogP contribution in [0.15, 0.2) is 22.7 Å². The predicted molar refractivity (Wildman–Crippen MR) is 63.6 cm³/mol. The van der Waals surface area contributed by atoms with Gasteiger partial charge in [0.25, 0.3) is 0 Å². The molecule has 0 saturated carbocycles. The molecule has 0 bridgehead atoms. The van der Waals surface area contributed by atoms with Crippen LogP contribution in [0.4, 0.5) is 0 Å². The van der Waals surface area contributed by atoms with Gasteiger partial charge in [0.1, 0.15) is 5.75 Å². The lowest BCUT2D eigenvalue weighted by Gasteiger charge is -2.22. The van der Waals surface area contributed by atoms with E-state index in [1.54, 1.807) is 6.07 Å². The highest BCUT2D eigenvalue weighted by Gasteiger charge is 2.16. The van der Waals surface area contributed by atoms with E-state index in [9.17, 15) is 5.11 Å². The van der Waals surface area contributed by atoms with Crippen molar-refractivity contribution in [1.82, 2.24) is 0 Å². The molecule has 0 unspecified atom stereocenters. The zero-order valence-corrected chi connectivity index (χ0v) is 10.6. The lowest BCUT2D eigenvalue weighted by molar-refractivity contribution is 0.349. The van der Waals surface area contributed by atoms with Crippen LogP contribution in [-0.2, 0) is 6.42 Å². The van der Waals surface area contributed by atoms with Gasteiger partial charge in [-0.1, -0.05) is 33.3 Å². The molecule has 1 nitrogen and oxygen atoms in total. The van der Waals surface area contributed by atoms with Gasteiger partial charge in [-0.05, 0) is 45.5 Å². The average molecular weight is 257 g/mol. The fourth-order valence-corrected chi connectivity index (χ4v) is 1.76. The van der Waals surface area contributed by atoms with Crippen molar-refractivity contribution >= 4 is 15.9 Å². The molecule has 1 aromatic carbocycles. The van der Waals surface area contributed by atoms with Gasteiger partial charge in [-0.15, -0.1) is 0 Å². The number of hydrogen-bond acceptors (Lipinski definition) is 1. The largest absolute Gasteiger partial charge is 0.507 e. The molecule has 0 atom stereocenters. The van der Waals surface area contributed by atoms with Crippen molar-refractivity contribution in [3.8, 4) is 5.75 Å². The van der Waals surface area contributed by atoms with E-state index in [0.717, 1.165) is 17.3 Å². The number of aromatic hydroxyl groups is 1. The van der Waals surface area contributed by atoms with Crippen LogP contribution >= 0.6 is 15.9 Å². The van der Waals surface area contributed by atoms with E-state index < -0.39 is 0 Å². The summed E-state index contributed by atoms with van der Waals surface area (Å²) < 4.78 is 0.780. The Balaban J connectivity index is 2.83. The first-order valence-electron chi connectivity index (χ1n) is 4.92. The summed E-state index contributed by atoms with van der Waals surface area (Å²) >= 11 is 3.33. The van der Waals surface area contributed by atoms with Crippen molar-refractivity contribution in [3.63, 3.8) is 0 Å². The third-order valence-electron chi connectivity index (χ3n) is 2.65. The summed E-state index contributed by atoms with van der Waals surface area (Å²) in [5.74, 6) is 0.308. The molecule has 1 rings (SSSR count). The van der Waals surface area contributed by atoms with Gasteiger partial charge in [-0.2, -0.15) is 0 Å². The molecule has 1 N–H and O–H groups in total. The summed E-state index contributed by atoms with van der Waals surface area (Å²) in [6.45, 7) is 6.72. The zero-order valence-electron chi connectivity index (χ0n) is 8.97. The van der Waals surface area contributed by atoms with Gasteiger partial charge in [-0.25, -0.2) is 0 Å². The molecule has 0 heterocycles. The number of benzene rings is 1. The monoisotopic (exact) mass is 256 g/mol. The second-order valence-corrected chi connectivity index (χ2v) is 5.33. The molecule has 0 aromatic heterocycles. The van der Waals surface area contributed by atoms with Crippen LogP contribution in [0, 0.1) is 5.41 Å². The molecule has 0 spiro atoms. The van der Waals surface area contributed by atoms with Gasteiger partial charge in [0.2, 0.25) is 0 Å². The van der Waals surface area contributed by atoms with Crippen molar-refractivity contribution in [2.75, 3.05) is 0 Å². The minimum absolute atomic E-state index is 0.308. The molecular formula is C12H17BrO. The van der Waals surface area contributed by atoms with Crippen LogP contribution in [0.25, 0.3) is 0 Å². The first kappa shape index (κ1) is 11.6. The van der Waals surface area contributed by atoms with E-state index in [4.69, 9.17) is 0 Å². The highest BCUT2D eigenvalue weighted by atomic mass is 79.9. The molecule has 0 aliphatic rings. The minimum Gasteiger partial charge on any atom is -0.507 e. The van der Waals surface area contributed by atoms with Gasteiger partial charge >= 0.3 is 0 Å². The van der Waals surface area contributed by atoms with E-state index in [-0.39, 0.29) is 0 Å². The Kier molecular flexibility index (Phi) is 3.59. The fourth-order valence-electron chi connectivity index (χ4n) is 1.34. The average Bonchev–Trinajstić information content (AvgIpc) is 2.11. The van der Waals surface area contributed by atoms with Crippen molar-refractivity contribution in [1.29, 1.82) is 0 Å². The highest BCUT2D eigenvalue weighted by molar-refractivity contribution is 9.10. The zero-order chi connectivity index (χ0) is 10.8. The molecule has 2 heteroatoms. The SMILES string of the molecule is CCC(C)(C)Cc1ccc(O)c(Br)c1. The van der Waals surface area contributed by atoms with Gasteiger partial charge in [-0.3, -0.25) is 0 Å². The van der Waals surface area contributed by atoms with E-state index in [2.05, 4.69) is 36.7 Å². The topological polar surface area (TPSA) is 20.2 Å². The van der Waals surface area contributed by atoms with E-state index in [0.29, 0.717) is 11.2 Å². The van der Waals surface area contributed by atoms with Crippen LogP contribution in [-0.4, -0.2) is 5.11 Å². The van der Waals surface area contributed by atoms with Crippen molar-refractivity contribution in [2.45, 2.75) is 33.6 Å². The second-order valence-electron chi connectivity index (χ2n) is 4.48. The van der Waals surface area contributed by atoms with Crippen LogP contribution in [0.3, 0.4) is 0 Å². The Labute approximate surface area is 94.3 Å². The summed E-state index contributed by atoms with van der Waals surface area (Å²) in [7, 11) is 0. The van der Waals surface area contributed by atoms with E-state index >= 15 is 0 Å². The van der Waals surface area contributed by atoms with Crippen LogP contribution in [0.2, 0.25) is 0 Å². The Morgan fingerprint density at radius 1 is 1.36 bits per heavy atom. The molecule has 14 heavy (non-hydrogen) atoms. The van der Waals surface area contributed by atoms with Gasteiger partial charge in [0, 0.05) is 0 Å².